The summed E-state index contributed by atoms with van der Waals surface area (Å²) in [5.74, 6) is 1.01. The molecule has 6 heteroatoms. The minimum atomic E-state index is -0.421. The lowest BCUT2D eigenvalue weighted by Crippen LogP contribution is -2.30. The number of nitrogens with zero attached hydrogens (tertiary/aromatic N) is 3. The highest BCUT2D eigenvalue weighted by Crippen LogP contribution is 2.15. The molecule has 0 saturated heterocycles. The van der Waals surface area contributed by atoms with Gasteiger partial charge < -0.3 is 10.4 Å². The second-order valence-electron chi connectivity index (χ2n) is 5.52. The maximum Gasteiger partial charge on any atom is 0.277 e. The molecule has 0 aliphatic rings. The molecule has 110 valence electrons. The van der Waals surface area contributed by atoms with Gasteiger partial charge in [0.15, 0.2) is 0 Å². The predicted octanol–water partition coefficient (Wildman–Crippen LogP) is 0.627. The van der Waals surface area contributed by atoms with Crippen LogP contribution in [0, 0.1) is 0 Å². The maximum absolute atomic E-state index is 12.3. The molecule has 2 N–H and O–H groups in total. The average Bonchev–Trinajstić information content (AvgIpc) is 2.79. The van der Waals surface area contributed by atoms with Crippen LogP contribution in [0.15, 0.2) is 17.1 Å². The lowest BCUT2D eigenvalue weighted by Gasteiger charge is -2.10. The molecule has 0 saturated carbocycles. The number of nitrogens with one attached hydrogen (secondary N) is 1. The minimum Gasteiger partial charge on any atom is -0.392 e. The Bertz CT molecular complexity index is 655. The molecule has 2 aromatic rings. The van der Waals surface area contributed by atoms with Gasteiger partial charge in [0.05, 0.1) is 12.6 Å². The molecule has 2 heterocycles. The molecule has 0 aliphatic heterocycles. The van der Waals surface area contributed by atoms with E-state index in [-0.39, 0.29) is 5.56 Å². The number of aliphatic hydroxyl groups is 1. The third-order valence-electron chi connectivity index (χ3n) is 3.35. The third kappa shape index (κ3) is 2.91. The summed E-state index contributed by atoms with van der Waals surface area (Å²) in [4.78, 5) is 12.3. The van der Waals surface area contributed by atoms with E-state index < -0.39 is 6.10 Å². The van der Waals surface area contributed by atoms with Crippen LogP contribution in [0.1, 0.15) is 38.1 Å². The van der Waals surface area contributed by atoms with Crippen molar-refractivity contribution in [2.75, 3.05) is 6.54 Å². The fourth-order valence-corrected chi connectivity index (χ4v) is 2.06. The summed E-state index contributed by atoms with van der Waals surface area (Å²) < 4.78 is 3.20. The van der Waals surface area contributed by atoms with Crippen LogP contribution in [-0.2, 0) is 13.6 Å². The van der Waals surface area contributed by atoms with Crippen LogP contribution in [0.25, 0.3) is 5.52 Å². The van der Waals surface area contributed by atoms with Crippen molar-refractivity contribution < 1.29 is 5.11 Å². The summed E-state index contributed by atoms with van der Waals surface area (Å²) in [6.45, 7) is 6.80. The zero-order chi connectivity index (χ0) is 14.9. The van der Waals surface area contributed by atoms with Gasteiger partial charge in [-0.1, -0.05) is 13.8 Å². The molecule has 0 radical (unpaired) electrons. The highest BCUT2D eigenvalue weighted by Gasteiger charge is 2.11. The van der Waals surface area contributed by atoms with Gasteiger partial charge in [0.2, 0.25) is 0 Å². The van der Waals surface area contributed by atoms with E-state index >= 15 is 0 Å². The Kier molecular flexibility index (Phi) is 4.25. The van der Waals surface area contributed by atoms with Crippen LogP contribution >= 0.6 is 0 Å². The zero-order valence-corrected chi connectivity index (χ0v) is 12.4. The number of rotatable bonds is 5. The van der Waals surface area contributed by atoms with Gasteiger partial charge in [-0.05, 0) is 24.5 Å². The number of aliphatic hydroxyl groups excluding tert-OH is 1. The number of hydrogen-bond donors (Lipinski definition) is 2. The van der Waals surface area contributed by atoms with E-state index in [1.807, 2.05) is 12.3 Å². The van der Waals surface area contributed by atoms with Crippen molar-refractivity contribution in [2.24, 2.45) is 7.05 Å². The highest BCUT2D eigenvalue weighted by atomic mass is 16.3. The van der Waals surface area contributed by atoms with Crippen molar-refractivity contribution in [3.8, 4) is 0 Å². The molecule has 0 bridgehead atoms. The predicted molar refractivity (Wildman–Crippen MR) is 77.9 cm³/mol. The first kappa shape index (κ1) is 14.7. The zero-order valence-electron chi connectivity index (χ0n) is 12.4. The van der Waals surface area contributed by atoms with Gasteiger partial charge in [0.25, 0.3) is 5.56 Å². The van der Waals surface area contributed by atoms with Crippen LogP contribution in [-0.4, -0.2) is 31.9 Å². The summed E-state index contributed by atoms with van der Waals surface area (Å²) in [6.07, 6.45) is 1.48. The first-order valence-electron chi connectivity index (χ1n) is 6.87. The second-order valence-corrected chi connectivity index (χ2v) is 5.52. The molecular weight excluding hydrogens is 256 g/mol. The fourth-order valence-electron chi connectivity index (χ4n) is 2.06. The second kappa shape index (κ2) is 5.76. The average molecular weight is 278 g/mol. The maximum atomic E-state index is 12.3. The Hall–Kier alpha value is -1.66. The molecule has 6 nitrogen and oxygen atoms in total. The topological polar surface area (TPSA) is 71.6 Å². The van der Waals surface area contributed by atoms with Gasteiger partial charge in [-0.2, -0.15) is 5.10 Å². The van der Waals surface area contributed by atoms with E-state index in [0.717, 1.165) is 5.56 Å². The molecule has 2 aromatic heterocycles. The van der Waals surface area contributed by atoms with Crippen molar-refractivity contribution in [1.29, 1.82) is 0 Å². The SMILES string of the molecule is CC(C)c1cc2c(=O)n(C)c(CNC[C@H](C)O)nn2c1. The van der Waals surface area contributed by atoms with Gasteiger partial charge in [-0.15, -0.1) is 0 Å². The van der Waals surface area contributed by atoms with Gasteiger partial charge >= 0.3 is 0 Å². The van der Waals surface area contributed by atoms with Gasteiger partial charge in [-0.25, -0.2) is 4.52 Å². The lowest BCUT2D eigenvalue weighted by atomic mass is 10.1. The molecule has 2 rings (SSSR count). The molecule has 0 aromatic carbocycles. The summed E-state index contributed by atoms with van der Waals surface area (Å²) in [6, 6.07) is 1.90. The van der Waals surface area contributed by atoms with E-state index in [0.29, 0.717) is 30.3 Å². The Morgan fingerprint density at radius 2 is 2.10 bits per heavy atom. The van der Waals surface area contributed by atoms with E-state index in [1.54, 1.807) is 23.1 Å². The van der Waals surface area contributed by atoms with E-state index in [9.17, 15) is 9.90 Å². The third-order valence-corrected chi connectivity index (χ3v) is 3.35. The standard InChI is InChI=1S/C14H22N4O2/c1-9(2)11-5-12-14(20)17(4)13(16-18(12)8-11)7-15-6-10(3)19/h5,8-10,15,19H,6-7H2,1-4H3/t10-/m0/s1. The first-order valence-corrected chi connectivity index (χ1v) is 6.87. The molecule has 0 amide bonds. The summed E-state index contributed by atoms with van der Waals surface area (Å²) >= 11 is 0. The monoisotopic (exact) mass is 278 g/mol. The molecule has 0 spiro atoms. The summed E-state index contributed by atoms with van der Waals surface area (Å²) in [7, 11) is 1.72. The van der Waals surface area contributed by atoms with E-state index in [1.165, 1.54) is 0 Å². The lowest BCUT2D eigenvalue weighted by molar-refractivity contribution is 0.190. The van der Waals surface area contributed by atoms with Gasteiger partial charge in [-0.3, -0.25) is 9.36 Å². The van der Waals surface area contributed by atoms with Gasteiger partial charge in [0, 0.05) is 19.8 Å². The number of hydrogen-bond acceptors (Lipinski definition) is 4. The first-order chi connectivity index (χ1) is 9.40. The quantitative estimate of drug-likeness (QED) is 0.841. The molecule has 0 fully saturated rings. The Morgan fingerprint density at radius 3 is 2.70 bits per heavy atom. The fraction of sp³-hybridized carbons (Fsp3) is 0.571. The summed E-state index contributed by atoms with van der Waals surface area (Å²) in [5.41, 5.74) is 1.64. The summed E-state index contributed by atoms with van der Waals surface area (Å²) in [5, 5.41) is 16.8. The van der Waals surface area contributed by atoms with Crippen molar-refractivity contribution in [1.82, 2.24) is 19.5 Å². The van der Waals surface area contributed by atoms with Crippen molar-refractivity contribution in [3.63, 3.8) is 0 Å². The Balaban J connectivity index is 2.36. The van der Waals surface area contributed by atoms with Crippen LogP contribution < -0.4 is 10.9 Å². The molecule has 0 unspecified atom stereocenters. The normalized spacial score (nSPS) is 13.3. The highest BCUT2D eigenvalue weighted by molar-refractivity contribution is 5.48. The van der Waals surface area contributed by atoms with Crippen molar-refractivity contribution in [3.05, 3.63) is 34.0 Å². The largest absolute Gasteiger partial charge is 0.392 e. The smallest absolute Gasteiger partial charge is 0.277 e. The van der Waals surface area contributed by atoms with Crippen LogP contribution in [0.5, 0.6) is 0 Å². The molecular formula is C14H22N4O2. The molecule has 20 heavy (non-hydrogen) atoms. The van der Waals surface area contributed by atoms with E-state index in [2.05, 4.69) is 24.3 Å². The minimum absolute atomic E-state index is 0.0549. The van der Waals surface area contributed by atoms with Crippen molar-refractivity contribution >= 4 is 5.52 Å². The van der Waals surface area contributed by atoms with Crippen LogP contribution in [0.3, 0.4) is 0 Å². The molecule has 0 aliphatic carbocycles. The Morgan fingerprint density at radius 1 is 1.40 bits per heavy atom. The van der Waals surface area contributed by atoms with Crippen LogP contribution in [0.2, 0.25) is 0 Å². The van der Waals surface area contributed by atoms with E-state index in [4.69, 9.17) is 0 Å². The van der Waals surface area contributed by atoms with Gasteiger partial charge in [0.1, 0.15) is 11.3 Å². The number of aromatic nitrogens is 3. The van der Waals surface area contributed by atoms with Crippen LogP contribution in [0.4, 0.5) is 0 Å². The Labute approximate surface area is 118 Å². The number of fused-ring (bicyclic) bond motifs is 1. The van der Waals surface area contributed by atoms with Crippen molar-refractivity contribution in [2.45, 2.75) is 39.3 Å². The molecule has 1 atom stereocenters.